The Morgan fingerprint density at radius 2 is 1.67 bits per heavy atom. The molecule has 33 heavy (non-hydrogen) atoms. The predicted octanol–water partition coefficient (Wildman–Crippen LogP) is 4.37. The molecule has 7 heteroatoms. The highest BCUT2D eigenvalue weighted by Crippen LogP contribution is 2.36. The van der Waals surface area contributed by atoms with Crippen LogP contribution < -0.4 is 5.69 Å². The van der Waals surface area contributed by atoms with Gasteiger partial charge in [-0.1, -0.05) is 29.8 Å². The molecule has 2 aromatic heterocycles. The molecule has 0 unspecified atom stereocenters. The smallest absolute Gasteiger partial charge is 0.328 e. The Morgan fingerprint density at radius 1 is 0.970 bits per heavy atom. The lowest BCUT2D eigenvalue weighted by Gasteiger charge is -2.20. The first kappa shape index (κ1) is 22.6. The molecule has 0 saturated carbocycles. The van der Waals surface area contributed by atoms with E-state index in [0.717, 1.165) is 44.7 Å². The molecule has 7 nitrogen and oxygen atoms in total. The molecule has 172 valence electrons. The van der Waals surface area contributed by atoms with Gasteiger partial charge in [-0.05, 0) is 58.4 Å². The fraction of sp³-hybridized carbons (Fsp3) is 0.346. The van der Waals surface area contributed by atoms with Crippen LogP contribution in [0.5, 0.6) is 0 Å². The predicted molar refractivity (Wildman–Crippen MR) is 130 cm³/mol. The number of imidazole rings is 1. The van der Waals surface area contributed by atoms with Gasteiger partial charge in [-0.2, -0.15) is 5.10 Å². The highest BCUT2D eigenvalue weighted by Gasteiger charge is 2.23. The van der Waals surface area contributed by atoms with Crippen LogP contribution in [0.3, 0.4) is 0 Å². The number of carbonyl (C=O) groups is 1. The second-order valence-corrected chi connectivity index (χ2v) is 9.53. The highest BCUT2D eigenvalue weighted by atomic mass is 16.6. The molecule has 0 N–H and O–H groups in total. The van der Waals surface area contributed by atoms with E-state index in [-0.39, 0.29) is 18.2 Å². The van der Waals surface area contributed by atoms with Gasteiger partial charge in [-0.15, -0.1) is 0 Å². The Hall–Kier alpha value is -3.61. The van der Waals surface area contributed by atoms with Crippen molar-refractivity contribution < 1.29 is 9.53 Å². The molecular weight excluding hydrogens is 416 g/mol. The Kier molecular flexibility index (Phi) is 5.52. The number of rotatable bonds is 4. The zero-order valence-electron chi connectivity index (χ0n) is 20.3. The number of carbonyl (C=O) groups excluding carboxylic acids is 1. The summed E-state index contributed by atoms with van der Waals surface area (Å²) in [5.41, 5.74) is 6.66. The maximum atomic E-state index is 12.7. The summed E-state index contributed by atoms with van der Waals surface area (Å²) in [7, 11) is 3.54. The van der Waals surface area contributed by atoms with Crippen LogP contribution in [0.15, 0.2) is 47.3 Å². The Morgan fingerprint density at radius 3 is 2.33 bits per heavy atom. The van der Waals surface area contributed by atoms with Crippen molar-refractivity contribution in [3.05, 3.63) is 64.2 Å². The van der Waals surface area contributed by atoms with Crippen molar-refractivity contribution in [2.45, 2.75) is 46.8 Å². The van der Waals surface area contributed by atoms with Gasteiger partial charge in [0.15, 0.2) is 0 Å². The molecule has 0 atom stereocenters. The molecule has 0 aliphatic carbocycles. The number of aryl methyl sites for hydroxylation is 4. The molecule has 0 aliphatic rings. The lowest BCUT2D eigenvalue weighted by molar-refractivity contribution is -0.155. The Bertz CT molecular complexity index is 1430. The monoisotopic (exact) mass is 446 g/mol. The van der Waals surface area contributed by atoms with Gasteiger partial charge in [0, 0.05) is 25.2 Å². The summed E-state index contributed by atoms with van der Waals surface area (Å²) in [5, 5.41) is 4.73. The lowest BCUT2D eigenvalue weighted by Crippen LogP contribution is -2.27. The zero-order valence-corrected chi connectivity index (χ0v) is 20.3. The summed E-state index contributed by atoms with van der Waals surface area (Å²) < 4.78 is 10.6. The van der Waals surface area contributed by atoms with Crippen LogP contribution in [0, 0.1) is 13.8 Å². The van der Waals surface area contributed by atoms with Crippen LogP contribution in [0.1, 0.15) is 32.0 Å². The molecule has 2 aromatic carbocycles. The van der Waals surface area contributed by atoms with Gasteiger partial charge in [0.25, 0.3) is 0 Å². The van der Waals surface area contributed by atoms with Crippen LogP contribution in [-0.2, 0) is 30.2 Å². The van der Waals surface area contributed by atoms with E-state index >= 15 is 0 Å². The van der Waals surface area contributed by atoms with Crippen LogP contribution in [0.25, 0.3) is 33.4 Å². The van der Waals surface area contributed by atoms with E-state index in [1.54, 1.807) is 27.9 Å². The van der Waals surface area contributed by atoms with Gasteiger partial charge in [0.1, 0.15) is 12.1 Å². The van der Waals surface area contributed by atoms with Crippen LogP contribution in [0.2, 0.25) is 0 Å². The first-order valence-electron chi connectivity index (χ1n) is 11.0. The number of aromatic nitrogens is 4. The third kappa shape index (κ3) is 4.23. The van der Waals surface area contributed by atoms with Crippen molar-refractivity contribution in [3.63, 3.8) is 0 Å². The number of ether oxygens (including phenoxy) is 1. The number of esters is 1. The van der Waals surface area contributed by atoms with Gasteiger partial charge < -0.3 is 4.74 Å². The highest BCUT2D eigenvalue weighted by molar-refractivity contribution is 5.89. The van der Waals surface area contributed by atoms with Crippen molar-refractivity contribution in [1.82, 2.24) is 18.9 Å². The van der Waals surface area contributed by atoms with Gasteiger partial charge >= 0.3 is 11.7 Å². The first-order chi connectivity index (χ1) is 15.5. The molecule has 2 heterocycles. The summed E-state index contributed by atoms with van der Waals surface area (Å²) >= 11 is 0. The molecule has 0 fully saturated rings. The van der Waals surface area contributed by atoms with Gasteiger partial charge in [-0.3, -0.25) is 18.6 Å². The minimum absolute atomic E-state index is 0.00739. The van der Waals surface area contributed by atoms with Crippen LogP contribution >= 0.6 is 0 Å². The van der Waals surface area contributed by atoms with E-state index in [9.17, 15) is 9.59 Å². The number of benzene rings is 2. The SMILES string of the molecule is Cc1cccc(-c2c(-c3ccc4c(c3)n(C)c(=O)n4C)c(C)nn2CC(=O)OC(C)(C)C)c1. The molecule has 0 amide bonds. The molecule has 4 aromatic rings. The third-order valence-corrected chi connectivity index (χ3v) is 5.68. The standard InChI is InChI=1S/C26H30N4O3/c1-16-9-8-10-19(13-16)24-23(17(2)27-30(24)15-22(31)33-26(3,4)5)18-11-12-20-21(14-18)29(7)25(32)28(20)6/h8-14H,15H2,1-7H3. The minimum Gasteiger partial charge on any atom is -0.459 e. The van der Waals surface area contributed by atoms with E-state index in [2.05, 4.69) is 6.07 Å². The average Bonchev–Trinajstić information content (AvgIpc) is 3.15. The molecule has 0 spiro atoms. The quantitative estimate of drug-likeness (QED) is 0.437. The average molecular weight is 447 g/mol. The Labute approximate surface area is 193 Å². The van der Waals surface area contributed by atoms with E-state index in [1.807, 2.05) is 71.0 Å². The minimum atomic E-state index is -0.575. The normalized spacial score (nSPS) is 11.8. The topological polar surface area (TPSA) is 71.0 Å². The summed E-state index contributed by atoms with van der Waals surface area (Å²) in [5.74, 6) is -0.341. The summed E-state index contributed by atoms with van der Waals surface area (Å²) in [6.45, 7) is 9.54. The number of nitrogens with zero attached hydrogens (tertiary/aromatic N) is 4. The van der Waals surface area contributed by atoms with Crippen LogP contribution in [0.4, 0.5) is 0 Å². The summed E-state index contributed by atoms with van der Waals surface area (Å²) in [6, 6.07) is 14.1. The Balaban J connectivity index is 1.92. The molecule has 0 saturated heterocycles. The number of fused-ring (bicyclic) bond motifs is 1. The van der Waals surface area contributed by atoms with Crippen molar-refractivity contribution in [2.24, 2.45) is 14.1 Å². The largest absolute Gasteiger partial charge is 0.459 e. The second kappa shape index (κ2) is 8.06. The van der Waals surface area contributed by atoms with Crippen molar-refractivity contribution in [2.75, 3.05) is 0 Å². The van der Waals surface area contributed by atoms with Gasteiger partial charge in [0.05, 0.1) is 22.4 Å². The van der Waals surface area contributed by atoms with E-state index in [4.69, 9.17) is 9.84 Å². The third-order valence-electron chi connectivity index (χ3n) is 5.68. The molecule has 0 aliphatic heterocycles. The summed E-state index contributed by atoms with van der Waals surface area (Å²) in [6.07, 6.45) is 0. The van der Waals surface area contributed by atoms with Gasteiger partial charge in [-0.25, -0.2) is 4.79 Å². The maximum Gasteiger partial charge on any atom is 0.328 e. The maximum absolute atomic E-state index is 12.7. The van der Waals surface area contributed by atoms with Gasteiger partial charge in [0.2, 0.25) is 0 Å². The first-order valence-corrected chi connectivity index (χ1v) is 11.0. The van der Waals surface area contributed by atoms with Crippen molar-refractivity contribution in [3.8, 4) is 22.4 Å². The second-order valence-electron chi connectivity index (χ2n) is 9.53. The van der Waals surface area contributed by atoms with E-state index in [0.29, 0.717) is 0 Å². The molecule has 0 radical (unpaired) electrons. The number of hydrogen-bond acceptors (Lipinski definition) is 4. The van der Waals surface area contributed by atoms with E-state index in [1.165, 1.54) is 0 Å². The van der Waals surface area contributed by atoms with Crippen molar-refractivity contribution >= 4 is 17.0 Å². The van der Waals surface area contributed by atoms with Crippen molar-refractivity contribution in [1.29, 1.82) is 0 Å². The zero-order chi connectivity index (χ0) is 24.1. The summed E-state index contributed by atoms with van der Waals surface area (Å²) in [4.78, 5) is 25.1. The fourth-order valence-electron chi connectivity index (χ4n) is 4.29. The fourth-order valence-corrected chi connectivity index (χ4v) is 4.29. The molecule has 0 bridgehead atoms. The lowest BCUT2D eigenvalue weighted by atomic mass is 9.97. The number of hydrogen-bond donors (Lipinski definition) is 0. The van der Waals surface area contributed by atoms with E-state index < -0.39 is 5.60 Å². The molecular formula is C26H30N4O3. The molecule has 4 rings (SSSR count). The van der Waals surface area contributed by atoms with Crippen LogP contribution in [-0.4, -0.2) is 30.5 Å².